The Labute approximate surface area is 118 Å². The highest BCUT2D eigenvalue weighted by Gasteiger charge is 2.18. The van der Waals surface area contributed by atoms with Crippen molar-refractivity contribution in [3.05, 3.63) is 16.0 Å². The summed E-state index contributed by atoms with van der Waals surface area (Å²) in [6, 6.07) is 0.539. The van der Waals surface area contributed by atoms with E-state index < -0.39 is 0 Å². The quantitative estimate of drug-likeness (QED) is 0.735. The van der Waals surface area contributed by atoms with Crippen LogP contribution in [-0.4, -0.2) is 22.6 Å². The summed E-state index contributed by atoms with van der Waals surface area (Å²) >= 11 is 2.24. The van der Waals surface area contributed by atoms with Crippen molar-refractivity contribution < 1.29 is 0 Å². The molecule has 0 saturated heterocycles. The molecule has 4 heteroatoms. The first-order valence-corrected chi connectivity index (χ1v) is 7.40. The maximum atomic E-state index is 4.46. The maximum Gasteiger partial charge on any atom is 0.225 e. The second-order valence-electron chi connectivity index (χ2n) is 4.72. The van der Waals surface area contributed by atoms with E-state index in [-0.39, 0.29) is 0 Å². The fraction of sp³-hybridized carbons (Fsp3) is 0.692. The average Bonchev–Trinajstić information content (AvgIpc) is 2.30. The largest absolute Gasteiger partial charge is 0.338 e. The maximum absolute atomic E-state index is 4.46. The summed E-state index contributed by atoms with van der Waals surface area (Å²) in [5.41, 5.74) is 0. The van der Waals surface area contributed by atoms with Crippen LogP contribution in [0.15, 0.2) is 12.4 Å². The predicted octanol–water partition coefficient (Wildman–Crippen LogP) is 3.73. The molecule has 0 unspecified atom stereocenters. The van der Waals surface area contributed by atoms with Gasteiger partial charge in [0.05, 0.1) is 0 Å². The Kier molecular flexibility index (Phi) is 6.16. The molecule has 0 saturated carbocycles. The van der Waals surface area contributed by atoms with E-state index >= 15 is 0 Å². The molecule has 0 aliphatic rings. The zero-order valence-corrected chi connectivity index (χ0v) is 13.3. The van der Waals surface area contributed by atoms with Crippen molar-refractivity contribution in [2.45, 2.75) is 46.6 Å². The molecule has 0 atom stereocenters. The Balaban J connectivity index is 2.92. The first-order valence-electron chi connectivity index (χ1n) is 6.32. The van der Waals surface area contributed by atoms with E-state index in [1.807, 2.05) is 12.4 Å². The van der Waals surface area contributed by atoms with Gasteiger partial charge in [-0.2, -0.15) is 0 Å². The van der Waals surface area contributed by atoms with Crippen LogP contribution in [0.5, 0.6) is 0 Å². The molecule has 1 aromatic rings. The molecule has 1 rings (SSSR count). The van der Waals surface area contributed by atoms with Gasteiger partial charge in [0.2, 0.25) is 5.95 Å². The number of rotatable bonds is 6. The van der Waals surface area contributed by atoms with Gasteiger partial charge in [0.15, 0.2) is 0 Å². The van der Waals surface area contributed by atoms with E-state index in [4.69, 9.17) is 0 Å². The van der Waals surface area contributed by atoms with Crippen molar-refractivity contribution in [2.24, 2.45) is 5.92 Å². The summed E-state index contributed by atoms with van der Waals surface area (Å²) in [5.74, 6) is 1.49. The highest BCUT2D eigenvalue weighted by Crippen LogP contribution is 2.18. The third kappa shape index (κ3) is 4.41. The van der Waals surface area contributed by atoms with Gasteiger partial charge in [0.1, 0.15) is 0 Å². The van der Waals surface area contributed by atoms with Crippen LogP contribution in [0.1, 0.15) is 40.5 Å². The fourth-order valence-corrected chi connectivity index (χ4v) is 2.25. The van der Waals surface area contributed by atoms with Crippen molar-refractivity contribution >= 4 is 28.5 Å². The fourth-order valence-electron chi connectivity index (χ4n) is 1.97. The van der Waals surface area contributed by atoms with Crippen LogP contribution in [0.4, 0.5) is 5.95 Å². The van der Waals surface area contributed by atoms with E-state index in [0.29, 0.717) is 12.0 Å². The van der Waals surface area contributed by atoms with Gasteiger partial charge in [0.25, 0.3) is 0 Å². The molecule has 0 amide bonds. The number of aromatic nitrogens is 2. The monoisotopic (exact) mass is 347 g/mol. The molecule has 0 spiro atoms. The van der Waals surface area contributed by atoms with E-state index in [0.717, 1.165) is 28.9 Å². The molecule has 1 aromatic heterocycles. The summed E-state index contributed by atoms with van der Waals surface area (Å²) < 4.78 is 1.08. The van der Waals surface area contributed by atoms with Crippen LogP contribution in [-0.2, 0) is 0 Å². The van der Waals surface area contributed by atoms with E-state index in [9.17, 15) is 0 Å². The summed E-state index contributed by atoms with van der Waals surface area (Å²) in [6.45, 7) is 9.96. The Morgan fingerprint density at radius 3 is 2.12 bits per heavy atom. The highest BCUT2D eigenvalue weighted by molar-refractivity contribution is 14.1. The molecule has 3 nitrogen and oxygen atoms in total. The lowest BCUT2D eigenvalue weighted by Gasteiger charge is -2.32. The van der Waals surface area contributed by atoms with E-state index in [2.05, 4.69) is 65.2 Å². The minimum atomic E-state index is 0.539. The van der Waals surface area contributed by atoms with Crippen LogP contribution >= 0.6 is 22.6 Å². The molecule has 0 aliphatic carbocycles. The third-order valence-corrected chi connectivity index (χ3v) is 3.37. The summed E-state index contributed by atoms with van der Waals surface area (Å²) in [6.07, 6.45) is 6.05. The Morgan fingerprint density at radius 1 is 1.18 bits per heavy atom. The Morgan fingerprint density at radius 2 is 1.71 bits per heavy atom. The lowest BCUT2D eigenvalue weighted by Crippen LogP contribution is -2.38. The van der Waals surface area contributed by atoms with Crippen molar-refractivity contribution in [3.63, 3.8) is 0 Å². The van der Waals surface area contributed by atoms with Crippen LogP contribution in [0.3, 0.4) is 0 Å². The third-order valence-electron chi connectivity index (χ3n) is 2.81. The highest BCUT2D eigenvalue weighted by atomic mass is 127. The predicted molar refractivity (Wildman–Crippen MR) is 81.3 cm³/mol. The van der Waals surface area contributed by atoms with E-state index in [1.165, 1.54) is 0 Å². The number of halogens is 1. The van der Waals surface area contributed by atoms with Gasteiger partial charge in [0, 0.05) is 28.6 Å². The van der Waals surface area contributed by atoms with Gasteiger partial charge in [-0.25, -0.2) is 9.97 Å². The SMILES string of the molecule is CCC(CC)N(CC(C)C)c1ncc(I)cn1. The molecule has 1 heterocycles. The van der Waals surface area contributed by atoms with Crippen LogP contribution in [0, 0.1) is 9.49 Å². The summed E-state index contributed by atoms with van der Waals surface area (Å²) in [7, 11) is 0. The lowest BCUT2D eigenvalue weighted by molar-refractivity contribution is 0.498. The number of anilines is 1. The van der Waals surface area contributed by atoms with Crippen molar-refractivity contribution in [1.29, 1.82) is 0 Å². The molecule has 17 heavy (non-hydrogen) atoms. The van der Waals surface area contributed by atoms with Gasteiger partial charge < -0.3 is 4.90 Å². The van der Waals surface area contributed by atoms with E-state index in [1.54, 1.807) is 0 Å². The van der Waals surface area contributed by atoms with Crippen LogP contribution < -0.4 is 4.90 Å². The van der Waals surface area contributed by atoms with Crippen LogP contribution in [0.25, 0.3) is 0 Å². The zero-order chi connectivity index (χ0) is 12.8. The summed E-state index contributed by atoms with van der Waals surface area (Å²) in [4.78, 5) is 11.3. The average molecular weight is 347 g/mol. The molecule has 0 bridgehead atoms. The minimum Gasteiger partial charge on any atom is -0.338 e. The summed E-state index contributed by atoms with van der Waals surface area (Å²) in [5, 5.41) is 0. The molecule has 96 valence electrons. The smallest absolute Gasteiger partial charge is 0.225 e. The standard InChI is InChI=1S/C13H22IN3/c1-5-12(6-2)17(9-10(3)4)13-15-7-11(14)8-16-13/h7-8,10,12H,5-6,9H2,1-4H3. The van der Waals surface area contributed by atoms with Crippen molar-refractivity contribution in [2.75, 3.05) is 11.4 Å². The first-order chi connectivity index (χ1) is 8.08. The van der Waals surface area contributed by atoms with Gasteiger partial charge in [-0.3, -0.25) is 0 Å². The topological polar surface area (TPSA) is 29.0 Å². The van der Waals surface area contributed by atoms with Crippen LogP contribution in [0.2, 0.25) is 0 Å². The minimum absolute atomic E-state index is 0.539. The molecule has 0 N–H and O–H groups in total. The number of hydrogen-bond donors (Lipinski definition) is 0. The molecule has 0 aliphatic heterocycles. The molecule has 0 radical (unpaired) electrons. The molecule has 0 fully saturated rings. The molecule has 0 aromatic carbocycles. The van der Waals surface area contributed by atoms with Crippen molar-refractivity contribution in [1.82, 2.24) is 9.97 Å². The Bertz CT molecular complexity index is 320. The normalized spacial score (nSPS) is 11.2. The van der Waals surface area contributed by atoms with Gasteiger partial charge in [-0.05, 0) is 41.4 Å². The number of nitrogens with zero attached hydrogens (tertiary/aromatic N) is 3. The first kappa shape index (κ1) is 14.7. The Hall–Kier alpha value is -0.390. The lowest BCUT2D eigenvalue weighted by atomic mass is 10.1. The zero-order valence-electron chi connectivity index (χ0n) is 11.2. The second kappa shape index (κ2) is 7.13. The van der Waals surface area contributed by atoms with Gasteiger partial charge in [-0.15, -0.1) is 0 Å². The second-order valence-corrected chi connectivity index (χ2v) is 5.96. The number of hydrogen-bond acceptors (Lipinski definition) is 3. The van der Waals surface area contributed by atoms with Crippen molar-refractivity contribution in [3.8, 4) is 0 Å². The van der Waals surface area contributed by atoms with Gasteiger partial charge in [-0.1, -0.05) is 27.7 Å². The molecular formula is C13H22IN3. The molecular weight excluding hydrogens is 325 g/mol. The van der Waals surface area contributed by atoms with Gasteiger partial charge >= 0.3 is 0 Å².